The van der Waals surface area contributed by atoms with Crippen molar-refractivity contribution in [1.29, 1.82) is 0 Å². The monoisotopic (exact) mass is 431 g/mol. The molecule has 106 valence electrons. The van der Waals surface area contributed by atoms with E-state index in [1.165, 1.54) is 22.6 Å². The van der Waals surface area contributed by atoms with Crippen LogP contribution in [0, 0.1) is 13.7 Å². The largest absolute Gasteiger partial charge is 0.573 e. The number of hydrogen-bond acceptors (Lipinski definition) is 5. The molecule has 1 rings (SSSR count). The zero-order chi connectivity index (χ0) is 15.0. The van der Waals surface area contributed by atoms with Crippen LogP contribution in [0.3, 0.4) is 0 Å². The van der Waals surface area contributed by atoms with Crippen LogP contribution in [-0.4, -0.2) is 19.7 Å². The summed E-state index contributed by atoms with van der Waals surface area (Å²) >= 11 is 1.21. The molecule has 0 amide bonds. The lowest BCUT2D eigenvalue weighted by molar-refractivity contribution is -0.389. The Morgan fingerprint density at radius 3 is 2.26 bits per heavy atom. The van der Waals surface area contributed by atoms with Gasteiger partial charge in [0.1, 0.15) is 8.47 Å². The fraction of sp³-hybridized carbons (Fsp3) is 0.143. The number of nitro groups is 1. The van der Waals surface area contributed by atoms with Gasteiger partial charge in [-0.1, -0.05) is 0 Å². The average molecular weight is 432 g/mol. The SMILES string of the molecule is O=[N+]([O-])c1c(OC(F)(F)F)ccc(S(=O)(=O)Cl)c1I. The predicted octanol–water partition coefficient (Wildman–Crippen LogP) is 3.03. The minimum Gasteiger partial charge on any atom is -0.398 e. The maximum Gasteiger partial charge on any atom is 0.573 e. The van der Waals surface area contributed by atoms with Crippen molar-refractivity contribution < 1.29 is 31.2 Å². The molecule has 12 heteroatoms. The van der Waals surface area contributed by atoms with Crippen LogP contribution < -0.4 is 4.74 Å². The standard InChI is InChI=1S/C7H2ClF3INO5S/c8-19(16,17)4-2-1-3(18-7(9,10)11)6(5(4)12)13(14)15/h1-2H. The van der Waals surface area contributed by atoms with Crippen molar-refractivity contribution in [1.82, 2.24) is 0 Å². The Balaban J connectivity index is 3.54. The lowest BCUT2D eigenvalue weighted by atomic mass is 10.3. The van der Waals surface area contributed by atoms with E-state index in [0.29, 0.717) is 12.1 Å². The van der Waals surface area contributed by atoms with E-state index >= 15 is 0 Å². The van der Waals surface area contributed by atoms with Gasteiger partial charge in [0.05, 0.1) is 4.92 Å². The molecule has 6 nitrogen and oxygen atoms in total. The molecule has 0 saturated heterocycles. The number of ether oxygens (including phenoxy) is 1. The number of rotatable bonds is 3. The Morgan fingerprint density at radius 2 is 1.89 bits per heavy atom. The minimum atomic E-state index is -5.14. The van der Waals surface area contributed by atoms with Crippen LogP contribution in [0.4, 0.5) is 18.9 Å². The maximum atomic E-state index is 12.1. The fourth-order valence-electron chi connectivity index (χ4n) is 1.09. The van der Waals surface area contributed by atoms with Crippen molar-refractivity contribution >= 4 is 48.0 Å². The Morgan fingerprint density at radius 1 is 1.37 bits per heavy atom. The summed E-state index contributed by atoms with van der Waals surface area (Å²) in [6, 6.07) is 1.21. The summed E-state index contributed by atoms with van der Waals surface area (Å²) in [5, 5.41) is 10.7. The normalized spacial score (nSPS) is 12.3. The zero-order valence-corrected chi connectivity index (χ0v) is 12.2. The van der Waals surface area contributed by atoms with E-state index in [1.807, 2.05) is 0 Å². The second kappa shape index (κ2) is 5.28. The van der Waals surface area contributed by atoms with Crippen molar-refractivity contribution in [3.8, 4) is 5.75 Å². The van der Waals surface area contributed by atoms with Crippen LogP contribution in [0.25, 0.3) is 0 Å². The first-order chi connectivity index (χ1) is 8.43. The number of alkyl halides is 3. The predicted molar refractivity (Wildman–Crippen MR) is 65.5 cm³/mol. The van der Waals surface area contributed by atoms with Gasteiger partial charge in [0, 0.05) is 10.7 Å². The molecule has 0 heterocycles. The molecule has 1 aromatic rings. The molecule has 0 aliphatic heterocycles. The molecule has 0 atom stereocenters. The smallest absolute Gasteiger partial charge is 0.398 e. The molecule has 0 bridgehead atoms. The zero-order valence-electron chi connectivity index (χ0n) is 8.44. The summed E-state index contributed by atoms with van der Waals surface area (Å²) in [7, 11) is 0.681. The number of halogens is 5. The van der Waals surface area contributed by atoms with E-state index in [2.05, 4.69) is 4.74 Å². The molecular formula is C7H2ClF3INO5S. The quantitative estimate of drug-likeness (QED) is 0.318. The van der Waals surface area contributed by atoms with Crippen molar-refractivity contribution in [3.05, 3.63) is 25.8 Å². The van der Waals surface area contributed by atoms with Gasteiger partial charge in [-0.2, -0.15) is 0 Å². The van der Waals surface area contributed by atoms with Gasteiger partial charge in [0.15, 0.2) is 0 Å². The van der Waals surface area contributed by atoms with Gasteiger partial charge in [0.2, 0.25) is 5.75 Å². The van der Waals surface area contributed by atoms with E-state index in [1.54, 1.807) is 0 Å². The second-order valence-corrected chi connectivity index (χ2v) is 6.58. The molecule has 0 aliphatic carbocycles. The highest BCUT2D eigenvalue weighted by Crippen LogP contribution is 2.39. The first-order valence-electron chi connectivity index (χ1n) is 4.11. The van der Waals surface area contributed by atoms with Crippen LogP contribution in [0.5, 0.6) is 5.75 Å². The van der Waals surface area contributed by atoms with E-state index in [0.717, 1.165) is 0 Å². The summed E-state index contributed by atoms with van der Waals surface area (Å²) in [6.07, 6.45) is -5.14. The summed E-state index contributed by atoms with van der Waals surface area (Å²) in [5.74, 6) is -1.12. The van der Waals surface area contributed by atoms with Crippen molar-refractivity contribution in [3.63, 3.8) is 0 Å². The Bertz CT molecular complexity index is 632. The lowest BCUT2D eigenvalue weighted by Gasteiger charge is -2.10. The molecule has 0 aromatic heterocycles. The summed E-state index contributed by atoms with van der Waals surface area (Å²) in [4.78, 5) is 8.87. The molecule has 0 radical (unpaired) electrons. The highest BCUT2D eigenvalue weighted by Gasteiger charge is 2.36. The first-order valence-corrected chi connectivity index (χ1v) is 7.49. The first kappa shape index (κ1) is 16.2. The third-order valence-electron chi connectivity index (χ3n) is 1.71. The van der Waals surface area contributed by atoms with Crippen molar-refractivity contribution in [2.24, 2.45) is 0 Å². The Labute approximate surface area is 122 Å². The summed E-state index contributed by atoms with van der Waals surface area (Å²) in [5.41, 5.74) is -1.13. The Hall–Kier alpha value is -0.820. The molecule has 0 fully saturated rings. The van der Waals surface area contributed by atoms with Gasteiger partial charge in [0.25, 0.3) is 9.05 Å². The Kier molecular flexibility index (Phi) is 4.51. The topological polar surface area (TPSA) is 86.5 Å². The maximum absolute atomic E-state index is 12.1. The lowest BCUT2D eigenvalue weighted by Crippen LogP contribution is -2.18. The van der Waals surface area contributed by atoms with Crippen LogP contribution >= 0.6 is 33.3 Å². The molecule has 1 aromatic carbocycles. The van der Waals surface area contributed by atoms with Crippen LogP contribution in [0.1, 0.15) is 0 Å². The average Bonchev–Trinajstić information content (AvgIpc) is 2.11. The van der Waals surface area contributed by atoms with Gasteiger partial charge in [-0.3, -0.25) is 10.1 Å². The van der Waals surface area contributed by atoms with Gasteiger partial charge in [-0.05, 0) is 34.7 Å². The summed E-state index contributed by atoms with van der Waals surface area (Å²) in [6.45, 7) is 0. The van der Waals surface area contributed by atoms with Crippen LogP contribution in [0.15, 0.2) is 17.0 Å². The van der Waals surface area contributed by atoms with Gasteiger partial charge >= 0.3 is 12.0 Å². The fourth-order valence-corrected chi connectivity index (χ4v) is 3.92. The number of hydrogen-bond donors (Lipinski definition) is 0. The third-order valence-corrected chi connectivity index (χ3v) is 4.54. The third kappa shape index (κ3) is 4.07. The van der Waals surface area contributed by atoms with E-state index < -0.39 is 40.2 Å². The molecule has 0 spiro atoms. The molecular weight excluding hydrogens is 429 g/mol. The second-order valence-electron chi connectivity index (χ2n) is 2.97. The number of nitrogens with zero attached hydrogens (tertiary/aromatic N) is 1. The van der Waals surface area contributed by atoms with E-state index in [-0.39, 0.29) is 0 Å². The molecule has 0 aliphatic rings. The molecule has 19 heavy (non-hydrogen) atoms. The van der Waals surface area contributed by atoms with Gasteiger partial charge in [-0.25, -0.2) is 8.42 Å². The molecule has 0 unspecified atom stereocenters. The highest BCUT2D eigenvalue weighted by molar-refractivity contribution is 14.1. The number of benzene rings is 1. The van der Waals surface area contributed by atoms with Crippen molar-refractivity contribution in [2.45, 2.75) is 11.3 Å². The van der Waals surface area contributed by atoms with Crippen molar-refractivity contribution in [2.75, 3.05) is 0 Å². The van der Waals surface area contributed by atoms with Gasteiger partial charge < -0.3 is 4.74 Å². The minimum absolute atomic E-state index is 0.517. The highest BCUT2D eigenvalue weighted by atomic mass is 127. The van der Waals surface area contributed by atoms with Crippen LogP contribution in [0.2, 0.25) is 0 Å². The van der Waals surface area contributed by atoms with E-state index in [4.69, 9.17) is 10.7 Å². The summed E-state index contributed by atoms with van der Waals surface area (Å²) < 4.78 is 61.3. The van der Waals surface area contributed by atoms with Crippen LogP contribution in [-0.2, 0) is 9.05 Å². The van der Waals surface area contributed by atoms with E-state index in [9.17, 15) is 31.7 Å². The molecule has 0 N–H and O–H groups in total. The number of nitro benzene ring substituents is 1. The molecule has 0 saturated carbocycles. The van der Waals surface area contributed by atoms with Gasteiger partial charge in [-0.15, -0.1) is 13.2 Å².